The van der Waals surface area contributed by atoms with Crippen LogP contribution in [0.1, 0.15) is 34.7 Å². The van der Waals surface area contributed by atoms with E-state index in [1.807, 2.05) is 54.0 Å². The number of nitrogens with zero attached hydrogens (tertiary/aromatic N) is 4. The maximum absolute atomic E-state index is 12.4. The summed E-state index contributed by atoms with van der Waals surface area (Å²) in [6.07, 6.45) is 6.17. The Morgan fingerprint density at radius 2 is 2.04 bits per heavy atom. The van der Waals surface area contributed by atoms with Gasteiger partial charge in [0.1, 0.15) is 11.6 Å². The molecule has 4 rings (SSSR count). The molecule has 0 radical (unpaired) electrons. The fraction of sp³-hybridized carbons (Fsp3) is 0.316. The monoisotopic (exact) mass is 335 g/mol. The van der Waals surface area contributed by atoms with Crippen LogP contribution in [0.25, 0.3) is 5.52 Å². The van der Waals surface area contributed by atoms with Crippen molar-refractivity contribution in [2.24, 2.45) is 0 Å². The highest BCUT2D eigenvalue weighted by Crippen LogP contribution is 2.18. The molecule has 128 valence electrons. The molecular weight excluding hydrogens is 314 g/mol. The van der Waals surface area contributed by atoms with Gasteiger partial charge < -0.3 is 14.6 Å². The normalized spacial score (nSPS) is 14.2. The minimum absolute atomic E-state index is 0.114. The van der Waals surface area contributed by atoms with Crippen LogP contribution in [0.4, 0.5) is 5.82 Å². The minimum Gasteiger partial charge on any atom is -0.357 e. The van der Waals surface area contributed by atoms with Gasteiger partial charge in [-0.1, -0.05) is 6.07 Å². The lowest BCUT2D eigenvalue weighted by atomic mass is 10.3. The molecule has 0 spiro atoms. The van der Waals surface area contributed by atoms with E-state index in [-0.39, 0.29) is 5.91 Å². The molecular formula is C19H21N5O. The molecule has 0 saturated carbocycles. The smallest absolute Gasteiger partial charge is 0.253 e. The van der Waals surface area contributed by atoms with E-state index in [1.165, 1.54) is 12.8 Å². The third-order valence-corrected chi connectivity index (χ3v) is 4.49. The highest BCUT2D eigenvalue weighted by Gasteiger charge is 2.15. The van der Waals surface area contributed by atoms with Crippen LogP contribution in [0.3, 0.4) is 0 Å². The van der Waals surface area contributed by atoms with E-state index in [0.717, 1.165) is 30.1 Å². The molecule has 1 aliphatic rings. The molecule has 0 aromatic carbocycles. The summed E-state index contributed by atoms with van der Waals surface area (Å²) in [6, 6.07) is 9.76. The van der Waals surface area contributed by atoms with E-state index >= 15 is 0 Å². The number of aryl methyl sites for hydroxylation is 1. The quantitative estimate of drug-likeness (QED) is 0.796. The zero-order valence-corrected chi connectivity index (χ0v) is 14.3. The molecule has 0 atom stereocenters. The Balaban J connectivity index is 1.47. The van der Waals surface area contributed by atoms with Gasteiger partial charge in [-0.05, 0) is 38.0 Å². The van der Waals surface area contributed by atoms with Gasteiger partial charge in [-0.3, -0.25) is 4.79 Å². The van der Waals surface area contributed by atoms with Crippen molar-refractivity contribution in [3.8, 4) is 0 Å². The molecule has 0 bridgehead atoms. The van der Waals surface area contributed by atoms with Gasteiger partial charge in [0.2, 0.25) is 0 Å². The second-order valence-corrected chi connectivity index (χ2v) is 6.42. The molecule has 25 heavy (non-hydrogen) atoms. The number of carbonyl (C=O) groups is 1. The van der Waals surface area contributed by atoms with Gasteiger partial charge >= 0.3 is 0 Å². The molecule has 1 fully saturated rings. The van der Waals surface area contributed by atoms with E-state index in [1.54, 1.807) is 0 Å². The molecule has 6 heteroatoms. The molecule has 4 heterocycles. The molecule has 1 N–H and O–H groups in total. The first kappa shape index (κ1) is 15.6. The number of amides is 1. The highest BCUT2D eigenvalue weighted by atomic mass is 16.1. The summed E-state index contributed by atoms with van der Waals surface area (Å²) in [5.41, 5.74) is 2.56. The third kappa shape index (κ3) is 3.33. The topological polar surface area (TPSA) is 62.5 Å². The third-order valence-electron chi connectivity index (χ3n) is 4.49. The first-order chi connectivity index (χ1) is 12.2. The average Bonchev–Trinajstić information content (AvgIpc) is 3.28. The molecule has 1 aliphatic heterocycles. The van der Waals surface area contributed by atoms with E-state index in [4.69, 9.17) is 0 Å². The minimum atomic E-state index is -0.114. The van der Waals surface area contributed by atoms with Crippen molar-refractivity contribution in [2.45, 2.75) is 26.3 Å². The van der Waals surface area contributed by atoms with E-state index in [0.29, 0.717) is 17.9 Å². The molecule has 0 unspecified atom stereocenters. The SMILES string of the molecule is Cc1cc(N2CCCC2)nc(CNC(=O)c2cc3ccccn3c2)n1. The number of hydrogen-bond acceptors (Lipinski definition) is 4. The van der Waals surface area contributed by atoms with Crippen LogP contribution in [0.5, 0.6) is 0 Å². The number of pyridine rings is 1. The summed E-state index contributed by atoms with van der Waals surface area (Å²) in [7, 11) is 0. The highest BCUT2D eigenvalue weighted by molar-refractivity contribution is 5.95. The van der Waals surface area contributed by atoms with Crippen LogP contribution in [0.2, 0.25) is 0 Å². The summed E-state index contributed by atoms with van der Waals surface area (Å²) >= 11 is 0. The number of fused-ring (bicyclic) bond motifs is 1. The summed E-state index contributed by atoms with van der Waals surface area (Å²) in [6.45, 7) is 4.37. The lowest BCUT2D eigenvalue weighted by molar-refractivity contribution is 0.0950. The number of aromatic nitrogens is 3. The van der Waals surface area contributed by atoms with Crippen molar-refractivity contribution in [3.63, 3.8) is 0 Å². The van der Waals surface area contributed by atoms with Crippen LogP contribution >= 0.6 is 0 Å². The van der Waals surface area contributed by atoms with Gasteiger partial charge in [-0.25, -0.2) is 9.97 Å². The predicted molar refractivity (Wildman–Crippen MR) is 96.8 cm³/mol. The Kier molecular flexibility index (Phi) is 4.09. The van der Waals surface area contributed by atoms with Crippen molar-refractivity contribution in [3.05, 3.63) is 59.8 Å². The average molecular weight is 335 g/mol. The van der Waals surface area contributed by atoms with Gasteiger partial charge in [0.25, 0.3) is 5.91 Å². The molecule has 1 saturated heterocycles. The summed E-state index contributed by atoms with van der Waals surface area (Å²) in [5, 5.41) is 2.93. The zero-order chi connectivity index (χ0) is 17.2. The number of anilines is 1. The number of carbonyl (C=O) groups excluding carboxylic acids is 1. The van der Waals surface area contributed by atoms with Crippen molar-refractivity contribution in [2.75, 3.05) is 18.0 Å². The first-order valence-electron chi connectivity index (χ1n) is 8.63. The summed E-state index contributed by atoms with van der Waals surface area (Å²) < 4.78 is 1.93. The standard InChI is InChI=1S/C19H21N5O/c1-14-10-18(23-7-4-5-8-23)22-17(21-14)12-20-19(25)15-11-16-6-2-3-9-24(16)13-15/h2-3,6,9-11,13H,4-5,7-8,12H2,1H3,(H,20,25). The molecule has 6 nitrogen and oxygen atoms in total. The Bertz CT molecular complexity index is 878. The number of nitrogens with one attached hydrogen (secondary N) is 1. The van der Waals surface area contributed by atoms with Crippen molar-refractivity contribution < 1.29 is 4.79 Å². The lowest BCUT2D eigenvalue weighted by Crippen LogP contribution is -2.25. The van der Waals surface area contributed by atoms with Gasteiger partial charge in [0.05, 0.1) is 12.1 Å². The fourth-order valence-corrected chi connectivity index (χ4v) is 3.24. The summed E-state index contributed by atoms with van der Waals surface area (Å²) in [5.74, 6) is 1.50. The van der Waals surface area contributed by atoms with Crippen LogP contribution in [0.15, 0.2) is 42.7 Å². The van der Waals surface area contributed by atoms with Crippen molar-refractivity contribution in [1.29, 1.82) is 0 Å². The zero-order valence-electron chi connectivity index (χ0n) is 14.3. The van der Waals surface area contributed by atoms with E-state index < -0.39 is 0 Å². The Hall–Kier alpha value is -2.89. The Morgan fingerprint density at radius 3 is 2.84 bits per heavy atom. The van der Waals surface area contributed by atoms with Gasteiger partial charge in [-0.15, -0.1) is 0 Å². The van der Waals surface area contributed by atoms with Crippen molar-refractivity contribution in [1.82, 2.24) is 19.7 Å². The maximum atomic E-state index is 12.4. The van der Waals surface area contributed by atoms with Crippen LogP contribution in [0, 0.1) is 6.92 Å². The van der Waals surface area contributed by atoms with Crippen molar-refractivity contribution >= 4 is 17.2 Å². The van der Waals surface area contributed by atoms with Crippen LogP contribution in [-0.2, 0) is 6.54 Å². The molecule has 3 aromatic rings. The Labute approximate surface area is 146 Å². The van der Waals surface area contributed by atoms with E-state index in [9.17, 15) is 4.79 Å². The molecule has 0 aliphatic carbocycles. The second kappa shape index (κ2) is 6.55. The summed E-state index contributed by atoms with van der Waals surface area (Å²) in [4.78, 5) is 23.8. The van der Waals surface area contributed by atoms with Gasteiger partial charge in [0.15, 0.2) is 0 Å². The van der Waals surface area contributed by atoms with Gasteiger partial charge in [0, 0.05) is 42.8 Å². The number of hydrogen-bond donors (Lipinski definition) is 1. The lowest BCUT2D eigenvalue weighted by Gasteiger charge is -2.17. The van der Waals surface area contributed by atoms with Crippen LogP contribution < -0.4 is 10.2 Å². The van der Waals surface area contributed by atoms with E-state index in [2.05, 4.69) is 20.2 Å². The largest absolute Gasteiger partial charge is 0.357 e. The predicted octanol–water partition coefficient (Wildman–Crippen LogP) is 2.57. The molecule has 3 aromatic heterocycles. The fourth-order valence-electron chi connectivity index (χ4n) is 3.24. The molecule has 1 amide bonds. The second-order valence-electron chi connectivity index (χ2n) is 6.42. The van der Waals surface area contributed by atoms with Crippen LogP contribution in [-0.4, -0.2) is 33.4 Å². The van der Waals surface area contributed by atoms with Gasteiger partial charge in [-0.2, -0.15) is 0 Å². The number of rotatable bonds is 4. The maximum Gasteiger partial charge on any atom is 0.253 e. The Morgan fingerprint density at radius 1 is 1.20 bits per heavy atom. The first-order valence-corrected chi connectivity index (χ1v) is 8.63.